The molecule has 0 unspecified atom stereocenters. The van der Waals surface area contributed by atoms with E-state index in [4.69, 9.17) is 5.26 Å². The Balaban J connectivity index is 1.49. The van der Waals surface area contributed by atoms with Gasteiger partial charge in [0, 0.05) is 49.5 Å². The third kappa shape index (κ3) is 7.66. The van der Waals surface area contributed by atoms with E-state index in [2.05, 4.69) is 22.0 Å². The number of nitrogens with one attached hydrogen (secondary N) is 3. The summed E-state index contributed by atoms with van der Waals surface area (Å²) in [6, 6.07) is 24.0. The zero-order chi connectivity index (χ0) is 27.6. The molecule has 3 aromatic rings. The van der Waals surface area contributed by atoms with Crippen LogP contribution in [-0.4, -0.2) is 48.7 Å². The number of amides is 2. The van der Waals surface area contributed by atoms with Crippen molar-refractivity contribution in [3.8, 4) is 6.07 Å². The third-order valence-electron chi connectivity index (χ3n) is 6.79. The van der Waals surface area contributed by atoms with E-state index in [0.717, 1.165) is 23.2 Å². The van der Waals surface area contributed by atoms with Gasteiger partial charge in [0.05, 0.1) is 23.8 Å². The van der Waals surface area contributed by atoms with Crippen LogP contribution in [0.3, 0.4) is 0 Å². The summed E-state index contributed by atoms with van der Waals surface area (Å²) in [5, 5.41) is 29.7. The highest BCUT2D eigenvalue weighted by Crippen LogP contribution is 2.27. The summed E-state index contributed by atoms with van der Waals surface area (Å²) in [6.07, 6.45) is 0.904. The largest absolute Gasteiger partial charge is 0.390 e. The van der Waals surface area contributed by atoms with E-state index in [1.807, 2.05) is 55.5 Å². The maximum absolute atomic E-state index is 13.5. The molecule has 3 aromatic carbocycles. The van der Waals surface area contributed by atoms with Crippen LogP contribution in [0.25, 0.3) is 0 Å². The Kier molecular flexibility index (Phi) is 9.68. The molecular weight excluding hydrogens is 490 g/mol. The highest BCUT2D eigenvalue weighted by molar-refractivity contribution is 6.00. The molecule has 1 heterocycles. The second kappa shape index (κ2) is 13.6. The fraction of sp³-hybridized carbons (Fsp3) is 0.323. The Bertz CT molecular complexity index is 1300. The van der Waals surface area contributed by atoms with Crippen LogP contribution in [-0.2, 0) is 17.8 Å². The maximum Gasteiger partial charge on any atom is 0.251 e. The Morgan fingerprint density at radius 1 is 1.08 bits per heavy atom. The first-order valence-corrected chi connectivity index (χ1v) is 13.4. The van der Waals surface area contributed by atoms with Crippen LogP contribution >= 0.6 is 0 Å². The topological polar surface area (TPSA) is 117 Å². The Morgan fingerprint density at radius 2 is 1.85 bits per heavy atom. The number of nitriles is 1. The maximum atomic E-state index is 13.5. The van der Waals surface area contributed by atoms with Gasteiger partial charge < -0.3 is 26.0 Å². The van der Waals surface area contributed by atoms with E-state index in [1.54, 1.807) is 29.2 Å². The van der Waals surface area contributed by atoms with E-state index < -0.39 is 12.1 Å². The number of nitrogens with zero attached hydrogens (tertiary/aromatic N) is 2. The smallest absolute Gasteiger partial charge is 0.251 e. The lowest BCUT2D eigenvalue weighted by molar-refractivity contribution is -0.117. The average molecular weight is 526 g/mol. The molecule has 0 spiro atoms. The summed E-state index contributed by atoms with van der Waals surface area (Å²) < 4.78 is 0. The van der Waals surface area contributed by atoms with Crippen molar-refractivity contribution < 1.29 is 14.7 Å². The minimum Gasteiger partial charge on any atom is -0.390 e. The molecule has 1 fully saturated rings. The number of hydrogen-bond donors (Lipinski definition) is 4. The fourth-order valence-electron chi connectivity index (χ4n) is 4.73. The van der Waals surface area contributed by atoms with Crippen LogP contribution in [0.1, 0.15) is 46.8 Å². The summed E-state index contributed by atoms with van der Waals surface area (Å²) in [4.78, 5) is 27.6. The average Bonchev–Trinajstić information content (AvgIpc) is 3.39. The highest BCUT2D eigenvalue weighted by atomic mass is 16.3. The number of aliphatic hydroxyl groups is 1. The molecule has 0 saturated carbocycles. The number of aliphatic hydroxyl groups excluding tert-OH is 1. The molecule has 1 saturated heterocycles. The minimum atomic E-state index is -0.857. The first kappa shape index (κ1) is 27.8. The van der Waals surface area contributed by atoms with E-state index >= 15 is 0 Å². The highest BCUT2D eigenvalue weighted by Gasteiger charge is 2.25. The van der Waals surface area contributed by atoms with Crippen LogP contribution in [0.2, 0.25) is 0 Å². The summed E-state index contributed by atoms with van der Waals surface area (Å²) in [6.45, 7) is 4.08. The molecule has 4 rings (SSSR count). The molecular formula is C31H35N5O3. The molecule has 1 aliphatic heterocycles. The van der Waals surface area contributed by atoms with Crippen molar-refractivity contribution in [1.29, 1.82) is 5.26 Å². The Hall–Kier alpha value is -4.19. The lowest BCUT2D eigenvalue weighted by atomic mass is 10.00. The van der Waals surface area contributed by atoms with Gasteiger partial charge in [-0.2, -0.15) is 5.26 Å². The molecule has 0 aromatic heterocycles. The van der Waals surface area contributed by atoms with Crippen molar-refractivity contribution in [2.24, 2.45) is 0 Å². The fourth-order valence-corrected chi connectivity index (χ4v) is 4.73. The standard InChI is InChI=1S/C31H35N5O3/c1-2-34-26-16-25(17-27(18-26)36-14-6-9-30(36)38)31(39)35-28(15-22-7-4-3-5-8-22)29(37)21-33-20-24-12-10-23(19-32)11-13-24/h3-5,7-8,10-13,16-18,28-29,33-34,37H,2,6,9,14-15,20-21H2,1H3,(H,35,39)/t28-,29+/m0/s1. The quantitative estimate of drug-likeness (QED) is 0.287. The number of anilines is 2. The first-order chi connectivity index (χ1) is 19.0. The van der Waals surface area contributed by atoms with Gasteiger partial charge in [-0.3, -0.25) is 9.59 Å². The molecule has 0 aliphatic carbocycles. The number of carbonyl (C=O) groups excluding carboxylic acids is 2. The lowest BCUT2D eigenvalue weighted by Crippen LogP contribution is -2.48. The number of rotatable bonds is 12. The summed E-state index contributed by atoms with van der Waals surface area (Å²) >= 11 is 0. The number of hydrogen-bond acceptors (Lipinski definition) is 6. The van der Waals surface area contributed by atoms with Crippen molar-refractivity contribution in [3.05, 3.63) is 95.1 Å². The van der Waals surface area contributed by atoms with Gasteiger partial charge in [0.25, 0.3) is 5.91 Å². The third-order valence-corrected chi connectivity index (χ3v) is 6.79. The van der Waals surface area contributed by atoms with Crippen LogP contribution in [0.15, 0.2) is 72.8 Å². The van der Waals surface area contributed by atoms with Gasteiger partial charge >= 0.3 is 0 Å². The molecule has 2 amide bonds. The van der Waals surface area contributed by atoms with Crippen molar-refractivity contribution >= 4 is 23.2 Å². The SMILES string of the molecule is CCNc1cc(C(=O)N[C@@H](Cc2ccccc2)[C@H](O)CNCc2ccc(C#N)cc2)cc(N2CCCC2=O)c1. The lowest BCUT2D eigenvalue weighted by Gasteiger charge is -2.25. The second-order valence-corrected chi connectivity index (χ2v) is 9.72. The predicted molar refractivity (Wildman–Crippen MR) is 152 cm³/mol. The van der Waals surface area contributed by atoms with Crippen LogP contribution in [0.4, 0.5) is 11.4 Å². The van der Waals surface area contributed by atoms with Gasteiger partial charge in [-0.25, -0.2) is 0 Å². The summed E-state index contributed by atoms with van der Waals surface area (Å²) in [5.41, 5.74) is 4.49. The summed E-state index contributed by atoms with van der Waals surface area (Å²) in [5.74, 6) is -0.254. The number of benzene rings is 3. The van der Waals surface area contributed by atoms with Gasteiger partial charge in [0.1, 0.15) is 0 Å². The summed E-state index contributed by atoms with van der Waals surface area (Å²) in [7, 11) is 0. The molecule has 39 heavy (non-hydrogen) atoms. The molecule has 0 radical (unpaired) electrons. The van der Waals surface area contributed by atoms with Crippen molar-refractivity contribution in [1.82, 2.24) is 10.6 Å². The van der Waals surface area contributed by atoms with Gasteiger partial charge in [0.15, 0.2) is 0 Å². The van der Waals surface area contributed by atoms with Gasteiger partial charge in [-0.1, -0.05) is 42.5 Å². The number of carbonyl (C=O) groups is 2. The van der Waals surface area contributed by atoms with E-state index in [0.29, 0.717) is 49.3 Å². The molecule has 0 bridgehead atoms. The molecule has 202 valence electrons. The monoisotopic (exact) mass is 525 g/mol. The molecule has 2 atom stereocenters. The van der Waals surface area contributed by atoms with Crippen molar-refractivity contribution in [2.75, 3.05) is 29.9 Å². The Morgan fingerprint density at radius 3 is 2.51 bits per heavy atom. The zero-order valence-corrected chi connectivity index (χ0v) is 22.2. The van der Waals surface area contributed by atoms with Gasteiger partial charge in [-0.05, 0) is 61.2 Å². The van der Waals surface area contributed by atoms with E-state index in [-0.39, 0.29) is 18.4 Å². The molecule has 1 aliphatic rings. The first-order valence-electron chi connectivity index (χ1n) is 13.4. The van der Waals surface area contributed by atoms with Crippen LogP contribution in [0.5, 0.6) is 0 Å². The van der Waals surface area contributed by atoms with Gasteiger partial charge in [-0.15, -0.1) is 0 Å². The van der Waals surface area contributed by atoms with E-state index in [1.165, 1.54) is 0 Å². The van der Waals surface area contributed by atoms with Crippen LogP contribution < -0.4 is 20.9 Å². The van der Waals surface area contributed by atoms with E-state index in [9.17, 15) is 14.7 Å². The van der Waals surface area contributed by atoms with Crippen molar-refractivity contribution in [3.63, 3.8) is 0 Å². The zero-order valence-electron chi connectivity index (χ0n) is 22.2. The molecule has 8 heteroatoms. The second-order valence-electron chi connectivity index (χ2n) is 9.72. The van der Waals surface area contributed by atoms with Gasteiger partial charge in [0.2, 0.25) is 5.91 Å². The van der Waals surface area contributed by atoms with Crippen molar-refractivity contribution in [2.45, 2.75) is 44.9 Å². The molecule has 8 nitrogen and oxygen atoms in total. The Labute approximate surface area is 229 Å². The minimum absolute atomic E-state index is 0.0562. The normalized spacial score (nSPS) is 14.5. The van der Waals surface area contributed by atoms with Crippen LogP contribution in [0, 0.1) is 11.3 Å². The molecule has 4 N–H and O–H groups in total. The predicted octanol–water partition coefficient (Wildman–Crippen LogP) is 3.61.